The van der Waals surface area contributed by atoms with E-state index in [2.05, 4.69) is 11.4 Å². The van der Waals surface area contributed by atoms with Gasteiger partial charge in [0.05, 0.1) is 19.3 Å². The molecule has 1 unspecified atom stereocenters. The number of rotatable bonds is 1. The van der Waals surface area contributed by atoms with Crippen LogP contribution >= 0.6 is 0 Å². The second-order valence-corrected chi connectivity index (χ2v) is 4.97. The second-order valence-electron chi connectivity index (χ2n) is 4.97. The van der Waals surface area contributed by atoms with E-state index in [1.807, 2.05) is 24.0 Å². The van der Waals surface area contributed by atoms with E-state index in [1.165, 1.54) is 5.56 Å². The quantitative estimate of drug-likeness (QED) is 0.816. The minimum Gasteiger partial charge on any atom is -0.384 e. The van der Waals surface area contributed by atoms with Gasteiger partial charge < -0.3 is 15.0 Å². The first-order valence-electron chi connectivity index (χ1n) is 6.51. The largest absolute Gasteiger partial charge is 0.384 e. The number of hydrogen-bond acceptors (Lipinski definition) is 3. The molecule has 4 nitrogen and oxygen atoms in total. The summed E-state index contributed by atoms with van der Waals surface area (Å²) in [4.78, 5) is 14.4. The van der Waals surface area contributed by atoms with Crippen LogP contribution < -0.4 is 5.32 Å². The summed E-state index contributed by atoms with van der Waals surface area (Å²) in [5.41, 5.74) is 3.19. The molecule has 2 aliphatic heterocycles. The predicted octanol–water partition coefficient (Wildman–Crippen LogP) is 1.52. The van der Waals surface area contributed by atoms with E-state index in [9.17, 15) is 4.79 Å². The number of carbonyl (C=O) groups excluding carboxylic acids is 1. The van der Waals surface area contributed by atoms with Gasteiger partial charge >= 0.3 is 0 Å². The molecule has 0 bridgehead atoms. The van der Waals surface area contributed by atoms with Crippen molar-refractivity contribution < 1.29 is 9.53 Å². The molecule has 18 heavy (non-hydrogen) atoms. The van der Waals surface area contributed by atoms with Crippen LogP contribution in [0.25, 0.3) is 0 Å². The van der Waals surface area contributed by atoms with Crippen molar-refractivity contribution in [2.75, 3.05) is 31.6 Å². The first-order chi connectivity index (χ1) is 8.75. The highest BCUT2D eigenvalue weighted by atomic mass is 16.5. The van der Waals surface area contributed by atoms with Crippen LogP contribution in [0.2, 0.25) is 0 Å². The molecule has 2 heterocycles. The van der Waals surface area contributed by atoms with E-state index in [-0.39, 0.29) is 11.9 Å². The van der Waals surface area contributed by atoms with E-state index in [4.69, 9.17) is 4.74 Å². The van der Waals surface area contributed by atoms with Gasteiger partial charge in [0.2, 0.25) is 0 Å². The average Bonchev–Trinajstić information content (AvgIpc) is 2.85. The molecule has 4 heteroatoms. The lowest BCUT2D eigenvalue weighted by molar-refractivity contribution is 0.00360. The molecule has 0 aromatic heterocycles. The van der Waals surface area contributed by atoms with E-state index in [1.54, 1.807) is 0 Å². The average molecular weight is 246 g/mol. The summed E-state index contributed by atoms with van der Waals surface area (Å²) in [6.45, 7) is 4.96. The minimum absolute atomic E-state index is 0.113. The Kier molecular flexibility index (Phi) is 2.96. The maximum atomic E-state index is 12.5. The zero-order valence-corrected chi connectivity index (χ0v) is 10.6. The molecule has 96 valence electrons. The van der Waals surface area contributed by atoms with Crippen LogP contribution in [0.4, 0.5) is 5.69 Å². The van der Waals surface area contributed by atoms with E-state index in [0.717, 1.165) is 24.2 Å². The molecule has 1 N–H and O–H groups in total. The first-order valence-corrected chi connectivity index (χ1v) is 6.51. The van der Waals surface area contributed by atoms with Crippen LogP contribution in [0, 0.1) is 0 Å². The smallest absolute Gasteiger partial charge is 0.254 e. The van der Waals surface area contributed by atoms with Crippen molar-refractivity contribution in [3.8, 4) is 0 Å². The lowest BCUT2D eigenvalue weighted by atomic mass is 10.1. The fourth-order valence-electron chi connectivity index (χ4n) is 2.62. The predicted molar refractivity (Wildman–Crippen MR) is 70.0 cm³/mol. The van der Waals surface area contributed by atoms with Crippen molar-refractivity contribution in [3.63, 3.8) is 0 Å². The molecule has 1 aromatic carbocycles. The summed E-state index contributed by atoms with van der Waals surface area (Å²) >= 11 is 0. The second kappa shape index (κ2) is 4.61. The highest BCUT2D eigenvalue weighted by Crippen LogP contribution is 2.24. The monoisotopic (exact) mass is 246 g/mol. The first kappa shape index (κ1) is 11.5. The van der Waals surface area contributed by atoms with Gasteiger partial charge in [0, 0.05) is 24.3 Å². The molecule has 2 aliphatic rings. The van der Waals surface area contributed by atoms with Crippen molar-refractivity contribution in [1.82, 2.24) is 4.90 Å². The molecule has 1 saturated heterocycles. The summed E-state index contributed by atoms with van der Waals surface area (Å²) in [5, 5.41) is 3.31. The van der Waals surface area contributed by atoms with Crippen LogP contribution in [-0.4, -0.2) is 43.2 Å². The highest BCUT2D eigenvalue weighted by molar-refractivity contribution is 5.95. The van der Waals surface area contributed by atoms with Crippen molar-refractivity contribution in [2.45, 2.75) is 19.4 Å². The Morgan fingerprint density at radius 1 is 1.50 bits per heavy atom. The van der Waals surface area contributed by atoms with E-state index in [0.29, 0.717) is 19.8 Å². The number of benzene rings is 1. The minimum atomic E-state index is 0.113. The summed E-state index contributed by atoms with van der Waals surface area (Å²) in [7, 11) is 0. The molecule has 0 aliphatic carbocycles. The van der Waals surface area contributed by atoms with E-state index >= 15 is 0 Å². The summed E-state index contributed by atoms with van der Waals surface area (Å²) < 4.78 is 5.37. The Balaban J connectivity index is 1.83. The molecule has 1 atom stereocenters. The Labute approximate surface area is 107 Å². The SMILES string of the molecule is CC1COCCN1C(=O)c1ccc2c(c1)NCC2. The van der Waals surface area contributed by atoms with Gasteiger partial charge in [-0.3, -0.25) is 4.79 Å². The zero-order valence-electron chi connectivity index (χ0n) is 10.6. The van der Waals surface area contributed by atoms with Crippen LogP contribution in [-0.2, 0) is 11.2 Å². The Morgan fingerprint density at radius 2 is 2.39 bits per heavy atom. The van der Waals surface area contributed by atoms with Gasteiger partial charge in [-0.15, -0.1) is 0 Å². The lowest BCUT2D eigenvalue weighted by Gasteiger charge is -2.33. The van der Waals surface area contributed by atoms with Gasteiger partial charge in [-0.25, -0.2) is 0 Å². The molecule has 1 fully saturated rings. The van der Waals surface area contributed by atoms with Crippen molar-refractivity contribution in [1.29, 1.82) is 0 Å². The molecule has 1 aromatic rings. The van der Waals surface area contributed by atoms with Gasteiger partial charge in [0.1, 0.15) is 0 Å². The number of nitrogens with zero attached hydrogens (tertiary/aromatic N) is 1. The number of morpholine rings is 1. The third-order valence-corrected chi connectivity index (χ3v) is 3.70. The van der Waals surface area contributed by atoms with E-state index < -0.39 is 0 Å². The molecule has 3 rings (SSSR count). The Morgan fingerprint density at radius 3 is 3.22 bits per heavy atom. The molecule has 0 spiro atoms. The third-order valence-electron chi connectivity index (χ3n) is 3.70. The van der Waals surface area contributed by atoms with Crippen molar-refractivity contribution in [3.05, 3.63) is 29.3 Å². The standard InChI is InChI=1S/C14H18N2O2/c1-10-9-18-7-6-16(10)14(17)12-3-2-11-4-5-15-13(11)8-12/h2-3,8,10,15H,4-7,9H2,1H3. The van der Waals surface area contributed by atoms with Crippen LogP contribution in [0.5, 0.6) is 0 Å². The molecule has 0 radical (unpaired) electrons. The lowest BCUT2D eigenvalue weighted by Crippen LogP contribution is -2.47. The Hall–Kier alpha value is -1.55. The molecule has 0 saturated carbocycles. The number of hydrogen-bond donors (Lipinski definition) is 1. The number of anilines is 1. The fourth-order valence-corrected chi connectivity index (χ4v) is 2.62. The number of nitrogens with one attached hydrogen (secondary N) is 1. The van der Waals surface area contributed by atoms with Crippen LogP contribution in [0.1, 0.15) is 22.8 Å². The van der Waals surface area contributed by atoms with Gasteiger partial charge in [-0.1, -0.05) is 6.07 Å². The summed E-state index contributed by atoms with van der Waals surface area (Å²) in [5.74, 6) is 0.113. The fraction of sp³-hybridized carbons (Fsp3) is 0.500. The maximum Gasteiger partial charge on any atom is 0.254 e. The molecular formula is C14H18N2O2. The number of carbonyl (C=O) groups is 1. The normalized spacial score (nSPS) is 22.5. The Bertz CT molecular complexity index is 473. The van der Waals surface area contributed by atoms with Crippen LogP contribution in [0.15, 0.2) is 18.2 Å². The number of fused-ring (bicyclic) bond motifs is 1. The van der Waals surface area contributed by atoms with Gasteiger partial charge in [0.25, 0.3) is 5.91 Å². The topological polar surface area (TPSA) is 41.6 Å². The highest BCUT2D eigenvalue weighted by Gasteiger charge is 2.25. The summed E-state index contributed by atoms with van der Waals surface area (Å²) in [6.07, 6.45) is 1.05. The number of ether oxygens (including phenoxy) is 1. The van der Waals surface area contributed by atoms with Gasteiger partial charge in [-0.2, -0.15) is 0 Å². The van der Waals surface area contributed by atoms with Gasteiger partial charge in [0.15, 0.2) is 0 Å². The zero-order chi connectivity index (χ0) is 12.5. The van der Waals surface area contributed by atoms with Crippen molar-refractivity contribution >= 4 is 11.6 Å². The molecular weight excluding hydrogens is 228 g/mol. The summed E-state index contributed by atoms with van der Waals surface area (Å²) in [6, 6.07) is 6.14. The number of amides is 1. The molecule has 1 amide bonds. The van der Waals surface area contributed by atoms with Crippen molar-refractivity contribution in [2.24, 2.45) is 0 Å². The van der Waals surface area contributed by atoms with Crippen LogP contribution in [0.3, 0.4) is 0 Å². The maximum absolute atomic E-state index is 12.5. The van der Waals surface area contributed by atoms with Gasteiger partial charge in [-0.05, 0) is 31.0 Å². The third kappa shape index (κ3) is 1.97.